The molecule has 0 spiro atoms. The minimum absolute atomic E-state index is 0.00925. The van der Waals surface area contributed by atoms with Crippen LogP contribution in [-0.4, -0.2) is 28.4 Å². The van der Waals surface area contributed by atoms with Crippen molar-refractivity contribution in [3.63, 3.8) is 0 Å². The van der Waals surface area contributed by atoms with Gasteiger partial charge in [-0.2, -0.15) is 13.2 Å². The predicted octanol–water partition coefficient (Wildman–Crippen LogP) is 4.69. The van der Waals surface area contributed by atoms with Gasteiger partial charge in [0.2, 0.25) is 0 Å². The van der Waals surface area contributed by atoms with Crippen LogP contribution in [0.15, 0.2) is 34.8 Å². The van der Waals surface area contributed by atoms with E-state index < -0.39 is 29.2 Å². The highest BCUT2D eigenvalue weighted by Crippen LogP contribution is 2.34. The van der Waals surface area contributed by atoms with Crippen LogP contribution in [0.4, 0.5) is 13.2 Å². The molecule has 0 saturated heterocycles. The van der Waals surface area contributed by atoms with Gasteiger partial charge in [-0.1, -0.05) is 18.2 Å². The average molecular weight is 460 g/mol. The van der Waals surface area contributed by atoms with Crippen molar-refractivity contribution in [1.29, 1.82) is 0 Å². The molecule has 0 amide bonds. The van der Waals surface area contributed by atoms with E-state index >= 15 is 0 Å². The summed E-state index contributed by atoms with van der Waals surface area (Å²) in [6.07, 6.45) is -5.14. The van der Waals surface area contributed by atoms with Crippen LogP contribution >= 0.6 is 15.9 Å². The highest BCUT2D eigenvalue weighted by atomic mass is 79.9. The Morgan fingerprint density at radius 1 is 1.21 bits per heavy atom. The van der Waals surface area contributed by atoms with Gasteiger partial charge in [-0.25, -0.2) is 4.98 Å². The number of benzene rings is 1. The number of ether oxygens (including phenoxy) is 1. The van der Waals surface area contributed by atoms with Crippen LogP contribution in [0.5, 0.6) is 5.75 Å². The fourth-order valence-corrected chi connectivity index (χ4v) is 3.01. The van der Waals surface area contributed by atoms with Gasteiger partial charge in [0.05, 0.1) is 23.1 Å². The lowest BCUT2D eigenvalue weighted by molar-refractivity contribution is -0.143. The summed E-state index contributed by atoms with van der Waals surface area (Å²) in [6, 6.07) is 6.41. The largest absolute Gasteiger partial charge is 0.504 e. The molecule has 0 bridgehead atoms. The lowest BCUT2D eigenvalue weighted by Crippen LogP contribution is -2.12. The summed E-state index contributed by atoms with van der Waals surface area (Å²) in [5.74, 6) is -1.61. The summed E-state index contributed by atoms with van der Waals surface area (Å²) in [6.45, 7) is 1.81. The number of hydrogen-bond acceptors (Lipinski definition) is 5. The average Bonchev–Trinajstić information content (AvgIpc) is 2.62. The third kappa shape index (κ3) is 5.54. The quantitative estimate of drug-likeness (QED) is 0.480. The van der Waals surface area contributed by atoms with Gasteiger partial charge in [-0.15, -0.1) is 0 Å². The molecular weight excluding hydrogens is 443 g/mol. The van der Waals surface area contributed by atoms with Crippen molar-refractivity contribution in [3.05, 3.63) is 57.3 Å². The highest BCUT2D eigenvalue weighted by Gasteiger charge is 2.33. The first kappa shape index (κ1) is 21.9. The number of hydrogen-bond donors (Lipinski definition) is 1. The maximum absolute atomic E-state index is 13.2. The first-order chi connectivity index (χ1) is 13.1. The topological polar surface area (TPSA) is 76.5 Å². The second-order valence-electron chi connectivity index (χ2n) is 5.85. The van der Waals surface area contributed by atoms with Crippen LogP contribution in [0, 0.1) is 0 Å². The minimum atomic E-state index is -4.52. The van der Waals surface area contributed by atoms with Gasteiger partial charge in [0.25, 0.3) is 0 Å². The first-order valence-electron chi connectivity index (χ1n) is 8.35. The van der Waals surface area contributed by atoms with E-state index in [0.29, 0.717) is 0 Å². The van der Waals surface area contributed by atoms with Crippen LogP contribution in [0.25, 0.3) is 0 Å². The molecule has 9 heteroatoms. The van der Waals surface area contributed by atoms with Crippen LogP contribution in [0.2, 0.25) is 0 Å². The van der Waals surface area contributed by atoms with Gasteiger partial charge < -0.3 is 9.84 Å². The van der Waals surface area contributed by atoms with E-state index in [1.165, 1.54) is 24.3 Å². The molecule has 2 rings (SSSR count). The Morgan fingerprint density at radius 2 is 1.89 bits per heavy atom. The molecule has 0 fully saturated rings. The molecule has 0 radical (unpaired) electrons. The number of carbonyl (C=O) groups excluding carboxylic acids is 2. The fourth-order valence-electron chi connectivity index (χ4n) is 2.55. The molecule has 0 atom stereocenters. The van der Waals surface area contributed by atoms with Crippen molar-refractivity contribution in [3.8, 4) is 5.75 Å². The number of alkyl halides is 3. The minimum Gasteiger partial charge on any atom is -0.504 e. The number of aromatic hydroxyl groups is 1. The molecule has 0 aliphatic heterocycles. The van der Waals surface area contributed by atoms with Crippen molar-refractivity contribution in [2.45, 2.75) is 32.4 Å². The Hall–Kier alpha value is -2.42. The van der Waals surface area contributed by atoms with Crippen molar-refractivity contribution in [1.82, 2.24) is 4.98 Å². The third-order valence-electron chi connectivity index (χ3n) is 3.82. The van der Waals surface area contributed by atoms with Crippen molar-refractivity contribution in [2.75, 3.05) is 6.61 Å². The molecule has 5 nitrogen and oxygen atoms in total. The van der Waals surface area contributed by atoms with E-state index in [9.17, 15) is 27.9 Å². The molecule has 150 valence electrons. The van der Waals surface area contributed by atoms with Gasteiger partial charge in [-0.3, -0.25) is 9.59 Å². The summed E-state index contributed by atoms with van der Waals surface area (Å²) < 4.78 is 44.4. The number of halogens is 4. The lowest BCUT2D eigenvalue weighted by Gasteiger charge is -2.13. The lowest BCUT2D eigenvalue weighted by atomic mass is 10.0. The zero-order valence-corrected chi connectivity index (χ0v) is 16.4. The Labute approximate surface area is 167 Å². The van der Waals surface area contributed by atoms with Crippen LogP contribution in [0.1, 0.15) is 47.1 Å². The van der Waals surface area contributed by atoms with E-state index in [4.69, 9.17) is 4.74 Å². The Balaban J connectivity index is 2.29. The molecule has 28 heavy (non-hydrogen) atoms. The van der Waals surface area contributed by atoms with Gasteiger partial charge in [0.1, 0.15) is 5.69 Å². The molecule has 0 saturated carbocycles. The number of ketones is 1. The predicted molar refractivity (Wildman–Crippen MR) is 98.0 cm³/mol. The van der Waals surface area contributed by atoms with Crippen molar-refractivity contribution in [2.24, 2.45) is 0 Å². The summed E-state index contributed by atoms with van der Waals surface area (Å²) >= 11 is 3.09. The number of aromatic nitrogens is 1. The fraction of sp³-hybridized carbons (Fsp3) is 0.316. The first-order valence-corrected chi connectivity index (χ1v) is 9.15. The molecule has 1 aromatic heterocycles. The number of pyridine rings is 1. The molecule has 0 unspecified atom stereocenters. The SMILES string of the molecule is CCOC(=O)CCC(=O)c1nc(Cc2ccccc2C(F)(F)F)cc(Br)c1O. The van der Waals surface area contributed by atoms with Crippen molar-refractivity contribution >= 4 is 27.7 Å². The standard InChI is InChI=1S/C19H17BrF3NO4/c1-2-28-16(26)8-7-15(25)17-18(27)14(20)10-12(24-17)9-11-5-3-4-6-13(11)19(21,22)23/h3-6,10,27H,2,7-9H2,1H3. The normalized spacial score (nSPS) is 11.3. The maximum atomic E-state index is 13.2. The zero-order valence-electron chi connectivity index (χ0n) is 14.8. The number of esters is 1. The molecule has 1 heterocycles. The zero-order chi connectivity index (χ0) is 20.9. The molecule has 1 aromatic carbocycles. The second kappa shape index (κ2) is 9.18. The number of rotatable bonds is 7. The smallest absolute Gasteiger partial charge is 0.416 e. The number of nitrogens with zero attached hydrogens (tertiary/aromatic N) is 1. The molecular formula is C19H17BrF3NO4. The second-order valence-corrected chi connectivity index (χ2v) is 6.71. The summed E-state index contributed by atoms with van der Waals surface area (Å²) in [4.78, 5) is 27.7. The number of carbonyl (C=O) groups is 2. The summed E-state index contributed by atoms with van der Waals surface area (Å²) in [7, 11) is 0. The summed E-state index contributed by atoms with van der Waals surface area (Å²) in [5.41, 5.74) is -0.944. The van der Waals surface area contributed by atoms with E-state index in [1.807, 2.05) is 0 Å². The maximum Gasteiger partial charge on any atom is 0.416 e. The Kier molecular flexibility index (Phi) is 7.17. The van der Waals surface area contributed by atoms with Crippen LogP contribution in [0.3, 0.4) is 0 Å². The highest BCUT2D eigenvalue weighted by molar-refractivity contribution is 9.10. The van der Waals surface area contributed by atoms with Gasteiger partial charge in [0.15, 0.2) is 11.5 Å². The molecule has 2 aromatic rings. The Morgan fingerprint density at radius 3 is 2.54 bits per heavy atom. The summed E-state index contributed by atoms with van der Waals surface area (Å²) in [5, 5.41) is 10.1. The van der Waals surface area contributed by atoms with E-state index in [0.717, 1.165) is 6.07 Å². The van der Waals surface area contributed by atoms with E-state index in [-0.39, 0.29) is 47.3 Å². The van der Waals surface area contributed by atoms with Crippen LogP contribution < -0.4 is 0 Å². The number of Topliss-reactive ketones (excluding diaryl/α,β-unsaturated/α-hetero) is 1. The van der Waals surface area contributed by atoms with E-state index in [2.05, 4.69) is 20.9 Å². The van der Waals surface area contributed by atoms with Gasteiger partial charge in [0, 0.05) is 18.5 Å². The third-order valence-corrected chi connectivity index (χ3v) is 4.42. The molecule has 0 aliphatic carbocycles. The van der Waals surface area contributed by atoms with Crippen molar-refractivity contribution < 1.29 is 32.6 Å². The molecule has 0 aliphatic rings. The van der Waals surface area contributed by atoms with E-state index in [1.54, 1.807) is 6.92 Å². The monoisotopic (exact) mass is 459 g/mol. The van der Waals surface area contributed by atoms with Gasteiger partial charge in [-0.05, 0) is 40.5 Å². The molecule has 1 N–H and O–H groups in total. The Bertz CT molecular complexity index is 884. The van der Waals surface area contributed by atoms with Crippen LogP contribution in [-0.2, 0) is 22.1 Å². The van der Waals surface area contributed by atoms with Gasteiger partial charge >= 0.3 is 12.1 Å².